The number of anilines is 1. The maximum Gasteiger partial charge on any atom is 0.238 e. The lowest BCUT2D eigenvalue weighted by Gasteiger charge is -2.42. The highest BCUT2D eigenvalue weighted by atomic mass is 16.5. The Hall–Kier alpha value is -1.35. The van der Waals surface area contributed by atoms with Gasteiger partial charge in [-0.25, -0.2) is 0 Å². The lowest BCUT2D eigenvalue weighted by atomic mass is 9.81. The molecule has 0 saturated carbocycles. The minimum atomic E-state index is -0.272. The van der Waals surface area contributed by atoms with Gasteiger partial charge in [0, 0.05) is 11.7 Å². The van der Waals surface area contributed by atoms with Gasteiger partial charge in [0.05, 0.1) is 18.6 Å². The summed E-state index contributed by atoms with van der Waals surface area (Å²) in [4.78, 5) is 14.8. The van der Waals surface area contributed by atoms with Crippen LogP contribution >= 0.6 is 0 Å². The summed E-state index contributed by atoms with van der Waals surface area (Å²) >= 11 is 0. The molecule has 0 aliphatic carbocycles. The topological polar surface area (TPSA) is 29.5 Å². The van der Waals surface area contributed by atoms with E-state index in [0.29, 0.717) is 13.2 Å². The van der Waals surface area contributed by atoms with Crippen LogP contribution in [0.4, 0.5) is 5.69 Å². The number of para-hydroxylation sites is 1. The van der Waals surface area contributed by atoms with Crippen molar-refractivity contribution in [1.82, 2.24) is 0 Å². The zero-order valence-electron chi connectivity index (χ0n) is 11.0. The van der Waals surface area contributed by atoms with Crippen molar-refractivity contribution < 1.29 is 9.53 Å². The molecule has 2 aliphatic rings. The Balaban J connectivity index is 1.95. The van der Waals surface area contributed by atoms with Crippen LogP contribution in [-0.4, -0.2) is 25.2 Å². The van der Waals surface area contributed by atoms with Crippen LogP contribution in [0.25, 0.3) is 0 Å². The molecule has 1 fully saturated rings. The molecule has 1 aromatic rings. The van der Waals surface area contributed by atoms with Gasteiger partial charge in [-0.15, -0.1) is 0 Å². The van der Waals surface area contributed by atoms with Gasteiger partial charge >= 0.3 is 0 Å². The second-order valence-electron chi connectivity index (χ2n) is 5.48. The summed E-state index contributed by atoms with van der Waals surface area (Å²) in [5.41, 5.74) is 2.10. The average molecular weight is 245 g/mol. The van der Waals surface area contributed by atoms with E-state index >= 15 is 0 Å². The first kappa shape index (κ1) is 11.7. The van der Waals surface area contributed by atoms with Gasteiger partial charge in [0.25, 0.3) is 0 Å². The average Bonchev–Trinajstić information content (AvgIpc) is 2.63. The molecule has 18 heavy (non-hydrogen) atoms. The zero-order valence-corrected chi connectivity index (χ0v) is 11.0. The molecule has 1 unspecified atom stereocenters. The summed E-state index contributed by atoms with van der Waals surface area (Å²) in [6.45, 7) is 5.36. The first-order valence-electron chi connectivity index (χ1n) is 6.67. The van der Waals surface area contributed by atoms with E-state index in [0.717, 1.165) is 18.5 Å². The normalized spacial score (nSPS) is 24.6. The van der Waals surface area contributed by atoms with E-state index in [9.17, 15) is 4.79 Å². The van der Waals surface area contributed by atoms with E-state index in [1.165, 1.54) is 5.56 Å². The van der Waals surface area contributed by atoms with Gasteiger partial charge in [0.1, 0.15) is 0 Å². The fourth-order valence-corrected chi connectivity index (χ4v) is 2.96. The predicted molar refractivity (Wildman–Crippen MR) is 70.6 cm³/mol. The van der Waals surface area contributed by atoms with Crippen molar-refractivity contribution in [2.24, 2.45) is 5.41 Å². The maximum absolute atomic E-state index is 12.8. The molecule has 3 heteroatoms. The van der Waals surface area contributed by atoms with Gasteiger partial charge in [-0.1, -0.05) is 25.1 Å². The summed E-state index contributed by atoms with van der Waals surface area (Å²) in [6, 6.07) is 8.49. The van der Waals surface area contributed by atoms with Crippen molar-refractivity contribution in [2.45, 2.75) is 32.7 Å². The second kappa shape index (κ2) is 4.09. The number of carbonyl (C=O) groups excluding carboxylic acids is 1. The highest BCUT2D eigenvalue weighted by molar-refractivity contribution is 6.00. The zero-order chi connectivity index (χ0) is 12.8. The maximum atomic E-state index is 12.8. The fraction of sp³-hybridized carbons (Fsp3) is 0.533. The third kappa shape index (κ3) is 1.50. The van der Waals surface area contributed by atoms with Gasteiger partial charge < -0.3 is 9.64 Å². The van der Waals surface area contributed by atoms with E-state index in [1.54, 1.807) is 0 Å². The Morgan fingerprint density at radius 2 is 2.17 bits per heavy atom. The van der Waals surface area contributed by atoms with Gasteiger partial charge in [0.2, 0.25) is 5.91 Å². The third-order valence-corrected chi connectivity index (χ3v) is 4.31. The summed E-state index contributed by atoms with van der Waals surface area (Å²) in [6.07, 6.45) is 1.82. The van der Waals surface area contributed by atoms with Gasteiger partial charge in [0.15, 0.2) is 0 Å². The van der Waals surface area contributed by atoms with Crippen LogP contribution in [0.2, 0.25) is 0 Å². The number of hydrogen-bond donors (Lipinski definition) is 0. The first-order valence-corrected chi connectivity index (χ1v) is 6.67. The largest absolute Gasteiger partial charge is 0.379 e. The number of nitrogens with zero attached hydrogens (tertiary/aromatic N) is 1. The number of amides is 1. The second-order valence-corrected chi connectivity index (χ2v) is 5.48. The number of hydrogen-bond acceptors (Lipinski definition) is 2. The molecule has 0 N–H and O–H groups in total. The molecule has 0 bridgehead atoms. The Morgan fingerprint density at radius 3 is 2.78 bits per heavy atom. The summed E-state index contributed by atoms with van der Waals surface area (Å²) in [5.74, 6) is 0.244. The monoisotopic (exact) mass is 245 g/mol. The number of ether oxygens (including phenoxy) is 1. The predicted octanol–water partition coefficient (Wildman–Crippen LogP) is 2.39. The van der Waals surface area contributed by atoms with Gasteiger partial charge in [-0.2, -0.15) is 0 Å². The Kier molecular flexibility index (Phi) is 2.67. The highest BCUT2D eigenvalue weighted by Crippen LogP contribution is 2.40. The van der Waals surface area contributed by atoms with Crippen LogP contribution in [0, 0.1) is 5.41 Å². The lowest BCUT2D eigenvalue weighted by Crippen LogP contribution is -2.56. The van der Waals surface area contributed by atoms with Crippen molar-refractivity contribution in [3.8, 4) is 0 Å². The van der Waals surface area contributed by atoms with E-state index < -0.39 is 0 Å². The number of benzene rings is 1. The highest BCUT2D eigenvalue weighted by Gasteiger charge is 2.49. The lowest BCUT2D eigenvalue weighted by molar-refractivity contribution is -0.159. The number of fused-ring (bicyclic) bond motifs is 1. The van der Waals surface area contributed by atoms with Crippen LogP contribution in [0.5, 0.6) is 0 Å². The molecule has 2 heterocycles. The molecule has 0 spiro atoms. The van der Waals surface area contributed by atoms with E-state index in [2.05, 4.69) is 26.0 Å². The van der Waals surface area contributed by atoms with Crippen LogP contribution in [0.1, 0.15) is 25.8 Å². The van der Waals surface area contributed by atoms with Crippen LogP contribution in [-0.2, 0) is 16.0 Å². The van der Waals surface area contributed by atoms with Crippen LogP contribution < -0.4 is 4.90 Å². The molecular weight excluding hydrogens is 226 g/mol. The molecule has 1 saturated heterocycles. The molecule has 2 aliphatic heterocycles. The van der Waals surface area contributed by atoms with Crippen LogP contribution in [0.3, 0.4) is 0 Å². The third-order valence-electron chi connectivity index (χ3n) is 4.31. The Labute approximate surface area is 108 Å². The molecular formula is C15H19NO2. The number of carbonyl (C=O) groups is 1. The molecule has 3 rings (SSSR count). The van der Waals surface area contributed by atoms with Crippen LogP contribution in [0.15, 0.2) is 24.3 Å². The Bertz CT molecular complexity index is 474. The first-order chi connectivity index (χ1) is 8.68. The van der Waals surface area contributed by atoms with Crippen molar-refractivity contribution in [3.63, 3.8) is 0 Å². The van der Waals surface area contributed by atoms with E-state index in [1.807, 2.05) is 17.0 Å². The standard InChI is InChI=1S/C15H19NO2/c1-3-15(9-18-10-15)14(17)16-11(2)8-12-6-4-5-7-13(12)16/h4-7,11H,3,8-10H2,1-2H3. The summed E-state index contributed by atoms with van der Waals surface area (Å²) in [7, 11) is 0. The van der Waals surface area contributed by atoms with Gasteiger partial charge in [-0.05, 0) is 31.4 Å². The molecule has 1 atom stereocenters. The van der Waals surface area contributed by atoms with Crippen molar-refractivity contribution in [2.75, 3.05) is 18.1 Å². The molecule has 1 aromatic carbocycles. The van der Waals surface area contributed by atoms with E-state index in [4.69, 9.17) is 4.74 Å². The van der Waals surface area contributed by atoms with Crippen molar-refractivity contribution >= 4 is 11.6 Å². The quantitative estimate of drug-likeness (QED) is 0.800. The van der Waals surface area contributed by atoms with E-state index in [-0.39, 0.29) is 17.4 Å². The van der Waals surface area contributed by atoms with Crippen molar-refractivity contribution in [1.29, 1.82) is 0 Å². The molecule has 96 valence electrons. The SMILES string of the molecule is CCC1(C(=O)N2c3ccccc3CC2C)COC1. The molecule has 3 nitrogen and oxygen atoms in total. The fourth-order valence-electron chi connectivity index (χ4n) is 2.96. The molecule has 0 radical (unpaired) electrons. The molecule has 0 aromatic heterocycles. The summed E-state index contributed by atoms with van der Waals surface area (Å²) in [5, 5.41) is 0. The smallest absolute Gasteiger partial charge is 0.238 e. The molecule has 1 amide bonds. The summed E-state index contributed by atoms with van der Waals surface area (Å²) < 4.78 is 5.29. The Morgan fingerprint density at radius 1 is 1.44 bits per heavy atom. The number of rotatable bonds is 2. The van der Waals surface area contributed by atoms with Gasteiger partial charge in [-0.3, -0.25) is 4.79 Å². The van der Waals surface area contributed by atoms with Crippen molar-refractivity contribution in [3.05, 3.63) is 29.8 Å². The minimum absolute atomic E-state index is 0.244. The minimum Gasteiger partial charge on any atom is -0.379 e.